The molecule has 0 radical (unpaired) electrons. The molecule has 1 heterocycles. The first kappa shape index (κ1) is 12.9. The van der Waals surface area contributed by atoms with Crippen LogP contribution in [-0.4, -0.2) is 35.5 Å². The number of carboxylic acids is 1. The average Bonchev–Trinajstić information content (AvgIpc) is 2.37. The maximum Gasteiger partial charge on any atom is 0.325 e. The third-order valence-electron chi connectivity index (χ3n) is 2.59. The lowest BCUT2D eigenvalue weighted by Crippen LogP contribution is -2.38. The van der Waals surface area contributed by atoms with Gasteiger partial charge in [-0.15, -0.1) is 0 Å². The predicted molar refractivity (Wildman–Crippen MR) is 65.1 cm³/mol. The third kappa shape index (κ3) is 2.82. The molecule has 1 aliphatic rings. The number of hydrogen-bond acceptors (Lipinski definition) is 4. The third-order valence-corrected chi connectivity index (χ3v) is 2.59. The maximum absolute atomic E-state index is 11.8. The molecular weight excluding hydrogens is 252 g/mol. The second kappa shape index (κ2) is 4.97. The second-order valence-corrected chi connectivity index (χ2v) is 4.08. The number of carbonyl (C=O) groups is 3. The number of aliphatic carboxylic acids is 1. The summed E-state index contributed by atoms with van der Waals surface area (Å²) in [4.78, 5) is 33.6. The number of amides is 2. The molecule has 0 saturated heterocycles. The summed E-state index contributed by atoms with van der Waals surface area (Å²) in [6.45, 7) is 1.30. The van der Waals surface area contributed by atoms with Crippen LogP contribution in [-0.2, 0) is 9.59 Å². The quantitative estimate of drug-likeness (QED) is 0.724. The van der Waals surface area contributed by atoms with Crippen molar-refractivity contribution in [2.75, 3.05) is 11.9 Å². The zero-order valence-electron chi connectivity index (χ0n) is 10.1. The molecule has 0 fully saturated rings. The molecular formula is C12H12N2O5. The van der Waals surface area contributed by atoms with Gasteiger partial charge in [0, 0.05) is 5.56 Å². The second-order valence-electron chi connectivity index (χ2n) is 4.08. The van der Waals surface area contributed by atoms with E-state index in [1.54, 1.807) is 6.07 Å². The summed E-state index contributed by atoms with van der Waals surface area (Å²) in [5.74, 6) is -1.48. The van der Waals surface area contributed by atoms with Gasteiger partial charge in [0.15, 0.2) is 6.61 Å². The van der Waals surface area contributed by atoms with Crippen LogP contribution >= 0.6 is 0 Å². The SMILES string of the molecule is C[C@@H](NC(=O)c1ccc2c(c1)NC(=O)CO2)C(=O)O. The highest BCUT2D eigenvalue weighted by atomic mass is 16.5. The van der Waals surface area contributed by atoms with Crippen molar-refractivity contribution in [3.8, 4) is 5.75 Å². The number of benzene rings is 1. The van der Waals surface area contributed by atoms with E-state index in [4.69, 9.17) is 9.84 Å². The molecule has 0 spiro atoms. The van der Waals surface area contributed by atoms with E-state index in [9.17, 15) is 14.4 Å². The lowest BCUT2D eigenvalue weighted by Gasteiger charge is -2.18. The first-order valence-electron chi connectivity index (χ1n) is 5.58. The monoisotopic (exact) mass is 264 g/mol. The zero-order valence-corrected chi connectivity index (χ0v) is 10.1. The van der Waals surface area contributed by atoms with Crippen LogP contribution in [0.3, 0.4) is 0 Å². The van der Waals surface area contributed by atoms with Crippen molar-refractivity contribution >= 4 is 23.5 Å². The molecule has 19 heavy (non-hydrogen) atoms. The van der Waals surface area contributed by atoms with E-state index in [1.165, 1.54) is 19.1 Å². The van der Waals surface area contributed by atoms with Crippen molar-refractivity contribution in [3.63, 3.8) is 0 Å². The predicted octanol–water partition coefficient (Wildman–Crippen LogP) is 0.220. The number of anilines is 1. The topological polar surface area (TPSA) is 105 Å². The van der Waals surface area contributed by atoms with Gasteiger partial charge < -0.3 is 20.5 Å². The molecule has 0 aromatic heterocycles. The molecule has 1 aromatic carbocycles. The van der Waals surface area contributed by atoms with Gasteiger partial charge in [0.05, 0.1) is 5.69 Å². The zero-order chi connectivity index (χ0) is 14.0. The lowest BCUT2D eigenvalue weighted by atomic mass is 10.1. The van der Waals surface area contributed by atoms with Crippen molar-refractivity contribution < 1.29 is 24.2 Å². The van der Waals surface area contributed by atoms with Gasteiger partial charge >= 0.3 is 5.97 Å². The van der Waals surface area contributed by atoms with Crippen LogP contribution in [0.5, 0.6) is 5.75 Å². The van der Waals surface area contributed by atoms with E-state index < -0.39 is 17.9 Å². The number of carbonyl (C=O) groups excluding carboxylic acids is 2. The molecule has 100 valence electrons. The number of nitrogens with one attached hydrogen (secondary N) is 2. The van der Waals surface area contributed by atoms with Crippen LogP contribution in [0.25, 0.3) is 0 Å². The number of carboxylic acid groups (broad SMARTS) is 1. The summed E-state index contributed by atoms with van der Waals surface area (Å²) < 4.78 is 5.15. The van der Waals surface area contributed by atoms with E-state index in [2.05, 4.69) is 10.6 Å². The number of hydrogen-bond donors (Lipinski definition) is 3. The largest absolute Gasteiger partial charge is 0.482 e. The van der Waals surface area contributed by atoms with Gasteiger partial charge in [-0.2, -0.15) is 0 Å². The van der Waals surface area contributed by atoms with Gasteiger partial charge in [-0.3, -0.25) is 14.4 Å². The Morgan fingerprint density at radius 1 is 1.47 bits per heavy atom. The number of rotatable bonds is 3. The Morgan fingerprint density at radius 2 is 2.21 bits per heavy atom. The molecule has 3 N–H and O–H groups in total. The van der Waals surface area contributed by atoms with Crippen LogP contribution in [0.15, 0.2) is 18.2 Å². The highest BCUT2D eigenvalue weighted by Crippen LogP contribution is 2.28. The highest BCUT2D eigenvalue weighted by Gasteiger charge is 2.19. The lowest BCUT2D eigenvalue weighted by molar-refractivity contribution is -0.138. The molecule has 2 amide bonds. The van der Waals surface area contributed by atoms with Crippen LogP contribution < -0.4 is 15.4 Å². The van der Waals surface area contributed by atoms with Crippen molar-refractivity contribution in [3.05, 3.63) is 23.8 Å². The molecule has 0 saturated carbocycles. The molecule has 1 aromatic rings. The molecule has 7 nitrogen and oxygen atoms in total. The fraction of sp³-hybridized carbons (Fsp3) is 0.250. The summed E-state index contributed by atoms with van der Waals surface area (Å²) in [5, 5.41) is 13.6. The fourth-order valence-corrected chi connectivity index (χ4v) is 1.57. The maximum atomic E-state index is 11.8. The first-order chi connectivity index (χ1) is 8.97. The first-order valence-corrected chi connectivity index (χ1v) is 5.58. The van der Waals surface area contributed by atoms with E-state index in [0.717, 1.165) is 0 Å². The van der Waals surface area contributed by atoms with Crippen LogP contribution in [0, 0.1) is 0 Å². The number of fused-ring (bicyclic) bond motifs is 1. The molecule has 0 bridgehead atoms. The van der Waals surface area contributed by atoms with Crippen LogP contribution in [0.1, 0.15) is 17.3 Å². The van der Waals surface area contributed by atoms with Crippen LogP contribution in [0.2, 0.25) is 0 Å². The van der Waals surface area contributed by atoms with Gasteiger partial charge in [0.2, 0.25) is 0 Å². The van der Waals surface area contributed by atoms with E-state index in [1.807, 2.05) is 0 Å². The molecule has 0 aliphatic carbocycles. The standard InChI is InChI=1S/C12H12N2O5/c1-6(12(17)18)13-11(16)7-2-3-9-8(4-7)14-10(15)5-19-9/h2-4,6H,5H2,1H3,(H,13,16)(H,14,15)(H,17,18)/t6-/m1/s1. The average molecular weight is 264 g/mol. The van der Waals surface area contributed by atoms with Gasteiger partial charge in [-0.25, -0.2) is 0 Å². The summed E-state index contributed by atoms with van der Waals surface area (Å²) >= 11 is 0. The Balaban J connectivity index is 2.17. The van der Waals surface area contributed by atoms with Crippen molar-refractivity contribution in [2.24, 2.45) is 0 Å². The summed E-state index contributed by atoms with van der Waals surface area (Å²) in [6, 6.07) is 3.50. The molecule has 0 unspecified atom stereocenters. The summed E-state index contributed by atoms with van der Waals surface area (Å²) in [7, 11) is 0. The Bertz CT molecular complexity index is 555. The van der Waals surface area contributed by atoms with Crippen molar-refractivity contribution in [1.82, 2.24) is 5.32 Å². The van der Waals surface area contributed by atoms with E-state index in [0.29, 0.717) is 11.4 Å². The highest BCUT2D eigenvalue weighted by molar-refractivity contribution is 6.00. The Labute approximate surface area is 108 Å². The van der Waals surface area contributed by atoms with Gasteiger partial charge in [0.25, 0.3) is 11.8 Å². The molecule has 7 heteroatoms. The van der Waals surface area contributed by atoms with Crippen molar-refractivity contribution in [2.45, 2.75) is 13.0 Å². The molecule has 1 aliphatic heterocycles. The van der Waals surface area contributed by atoms with Gasteiger partial charge in [-0.1, -0.05) is 0 Å². The smallest absolute Gasteiger partial charge is 0.325 e. The normalized spacial score (nSPS) is 14.7. The van der Waals surface area contributed by atoms with Gasteiger partial charge in [0.1, 0.15) is 11.8 Å². The van der Waals surface area contributed by atoms with Crippen LogP contribution in [0.4, 0.5) is 5.69 Å². The Morgan fingerprint density at radius 3 is 2.89 bits per heavy atom. The van der Waals surface area contributed by atoms with E-state index >= 15 is 0 Å². The Kier molecular flexibility index (Phi) is 3.37. The minimum Gasteiger partial charge on any atom is -0.482 e. The minimum absolute atomic E-state index is 0.0609. The number of ether oxygens (including phenoxy) is 1. The van der Waals surface area contributed by atoms with Crippen molar-refractivity contribution in [1.29, 1.82) is 0 Å². The molecule has 2 rings (SSSR count). The Hall–Kier alpha value is -2.57. The van der Waals surface area contributed by atoms with Gasteiger partial charge in [-0.05, 0) is 25.1 Å². The summed E-state index contributed by atoms with van der Waals surface area (Å²) in [6.07, 6.45) is 0. The minimum atomic E-state index is -1.12. The fourth-order valence-electron chi connectivity index (χ4n) is 1.57. The van der Waals surface area contributed by atoms with E-state index in [-0.39, 0.29) is 18.1 Å². The molecule has 1 atom stereocenters. The summed E-state index contributed by atoms with van der Waals surface area (Å²) in [5.41, 5.74) is 0.643.